The summed E-state index contributed by atoms with van der Waals surface area (Å²) in [5.41, 5.74) is 4.12. The standard InChI is InChI=1S/C16H23NO3/c1-2-20-16(18)12-19-11-10-17-15-9-5-7-13-6-3-4-8-14(13)15/h5,7,9,17H,2-4,6,8,10-12H2,1H3. The quantitative estimate of drug-likeness (QED) is 0.614. The Bertz CT molecular complexity index is 445. The van der Waals surface area contributed by atoms with E-state index in [1.54, 1.807) is 6.92 Å². The number of hydrogen-bond donors (Lipinski definition) is 1. The van der Waals surface area contributed by atoms with Crippen molar-refractivity contribution >= 4 is 11.7 Å². The molecule has 4 nitrogen and oxygen atoms in total. The first kappa shape index (κ1) is 14.9. The molecule has 2 rings (SSSR count). The van der Waals surface area contributed by atoms with Crippen molar-refractivity contribution in [1.82, 2.24) is 0 Å². The van der Waals surface area contributed by atoms with E-state index >= 15 is 0 Å². The van der Waals surface area contributed by atoms with Crippen LogP contribution < -0.4 is 5.32 Å². The van der Waals surface area contributed by atoms with Crippen LogP contribution in [0.25, 0.3) is 0 Å². The van der Waals surface area contributed by atoms with Gasteiger partial charge in [-0.05, 0) is 49.8 Å². The summed E-state index contributed by atoms with van der Waals surface area (Å²) >= 11 is 0. The number of aryl methyl sites for hydroxylation is 1. The average Bonchev–Trinajstić information content (AvgIpc) is 2.47. The first-order chi connectivity index (χ1) is 9.81. The fraction of sp³-hybridized carbons (Fsp3) is 0.562. The van der Waals surface area contributed by atoms with Crippen molar-refractivity contribution in [2.45, 2.75) is 32.6 Å². The smallest absolute Gasteiger partial charge is 0.332 e. The number of ether oxygens (including phenoxy) is 2. The van der Waals surface area contributed by atoms with E-state index in [0.717, 1.165) is 6.42 Å². The van der Waals surface area contributed by atoms with Crippen LogP contribution in [-0.4, -0.2) is 32.3 Å². The van der Waals surface area contributed by atoms with Crippen molar-refractivity contribution in [3.05, 3.63) is 29.3 Å². The van der Waals surface area contributed by atoms with Crippen LogP contribution in [-0.2, 0) is 27.1 Å². The summed E-state index contributed by atoms with van der Waals surface area (Å²) in [7, 11) is 0. The SMILES string of the molecule is CCOC(=O)COCCNc1cccc2c1CCCC2. The third-order valence-electron chi connectivity index (χ3n) is 3.48. The van der Waals surface area contributed by atoms with Gasteiger partial charge in [0, 0.05) is 12.2 Å². The molecule has 0 atom stereocenters. The van der Waals surface area contributed by atoms with Crippen molar-refractivity contribution in [2.24, 2.45) is 0 Å². The normalized spacial score (nSPS) is 13.7. The number of esters is 1. The summed E-state index contributed by atoms with van der Waals surface area (Å²) in [6.07, 6.45) is 4.90. The minimum absolute atomic E-state index is 0.0302. The highest BCUT2D eigenvalue weighted by molar-refractivity contribution is 5.70. The van der Waals surface area contributed by atoms with Gasteiger partial charge in [0.1, 0.15) is 6.61 Å². The summed E-state index contributed by atoms with van der Waals surface area (Å²) in [5.74, 6) is -0.301. The van der Waals surface area contributed by atoms with E-state index in [1.807, 2.05) is 0 Å². The molecule has 0 heterocycles. The summed E-state index contributed by atoms with van der Waals surface area (Å²) < 4.78 is 10.1. The summed E-state index contributed by atoms with van der Waals surface area (Å²) in [6, 6.07) is 6.44. The number of nitrogens with one attached hydrogen (secondary N) is 1. The molecule has 0 spiro atoms. The number of hydrogen-bond acceptors (Lipinski definition) is 4. The topological polar surface area (TPSA) is 47.6 Å². The van der Waals surface area contributed by atoms with Crippen molar-refractivity contribution in [3.63, 3.8) is 0 Å². The number of anilines is 1. The predicted molar refractivity (Wildman–Crippen MR) is 79.0 cm³/mol. The van der Waals surface area contributed by atoms with Gasteiger partial charge in [0.15, 0.2) is 0 Å². The molecule has 110 valence electrons. The van der Waals surface area contributed by atoms with E-state index in [9.17, 15) is 4.79 Å². The largest absolute Gasteiger partial charge is 0.464 e. The van der Waals surface area contributed by atoms with Gasteiger partial charge in [0.25, 0.3) is 0 Å². The van der Waals surface area contributed by atoms with Crippen molar-refractivity contribution in [3.8, 4) is 0 Å². The lowest BCUT2D eigenvalue weighted by molar-refractivity contribution is -0.148. The van der Waals surface area contributed by atoms with Crippen molar-refractivity contribution < 1.29 is 14.3 Å². The maximum Gasteiger partial charge on any atom is 0.332 e. The van der Waals surface area contributed by atoms with Crippen LogP contribution >= 0.6 is 0 Å². The molecule has 0 amide bonds. The third kappa shape index (κ3) is 4.23. The Balaban J connectivity index is 1.73. The fourth-order valence-corrected chi connectivity index (χ4v) is 2.56. The highest BCUT2D eigenvalue weighted by atomic mass is 16.6. The van der Waals surface area contributed by atoms with Gasteiger partial charge in [-0.25, -0.2) is 4.79 Å². The molecule has 4 heteroatoms. The van der Waals surface area contributed by atoms with E-state index in [2.05, 4.69) is 23.5 Å². The van der Waals surface area contributed by atoms with Crippen molar-refractivity contribution in [2.75, 3.05) is 31.7 Å². The summed E-state index contributed by atoms with van der Waals surface area (Å²) in [5, 5.41) is 3.40. The minimum atomic E-state index is -0.301. The van der Waals surface area contributed by atoms with Crippen LogP contribution in [0.1, 0.15) is 30.9 Å². The Morgan fingerprint density at radius 3 is 3.00 bits per heavy atom. The van der Waals surface area contributed by atoms with Gasteiger partial charge < -0.3 is 14.8 Å². The number of carbonyl (C=O) groups excluding carboxylic acids is 1. The first-order valence-corrected chi connectivity index (χ1v) is 7.39. The molecule has 1 N–H and O–H groups in total. The Morgan fingerprint density at radius 1 is 1.30 bits per heavy atom. The molecule has 1 aromatic carbocycles. The third-order valence-corrected chi connectivity index (χ3v) is 3.48. The number of carbonyl (C=O) groups is 1. The van der Waals surface area contributed by atoms with E-state index in [1.165, 1.54) is 36.1 Å². The Hall–Kier alpha value is -1.55. The van der Waals surface area contributed by atoms with Crippen LogP contribution in [0.15, 0.2) is 18.2 Å². The van der Waals surface area contributed by atoms with Crippen LogP contribution in [0.2, 0.25) is 0 Å². The highest BCUT2D eigenvalue weighted by Crippen LogP contribution is 2.27. The fourth-order valence-electron chi connectivity index (χ4n) is 2.56. The van der Waals surface area contributed by atoms with Crippen LogP contribution in [0.4, 0.5) is 5.69 Å². The van der Waals surface area contributed by atoms with Crippen molar-refractivity contribution in [1.29, 1.82) is 0 Å². The number of fused-ring (bicyclic) bond motifs is 1. The second kappa shape index (κ2) is 7.90. The maximum atomic E-state index is 11.1. The monoisotopic (exact) mass is 277 g/mol. The highest BCUT2D eigenvalue weighted by Gasteiger charge is 2.12. The lowest BCUT2D eigenvalue weighted by atomic mass is 9.90. The second-order valence-corrected chi connectivity index (χ2v) is 4.93. The number of benzene rings is 1. The molecule has 0 fully saturated rings. The average molecular weight is 277 g/mol. The second-order valence-electron chi connectivity index (χ2n) is 4.93. The molecule has 0 aliphatic heterocycles. The summed E-state index contributed by atoms with van der Waals surface area (Å²) in [4.78, 5) is 11.1. The molecule has 0 saturated carbocycles. The molecular formula is C16H23NO3. The molecule has 1 aromatic rings. The molecule has 1 aliphatic rings. The number of rotatable bonds is 7. The van der Waals surface area contributed by atoms with E-state index in [4.69, 9.17) is 9.47 Å². The van der Waals surface area contributed by atoms with Gasteiger partial charge >= 0.3 is 5.97 Å². The molecule has 0 saturated heterocycles. The molecule has 1 aliphatic carbocycles. The van der Waals surface area contributed by atoms with Gasteiger partial charge in [0.05, 0.1) is 13.2 Å². The van der Waals surface area contributed by atoms with Gasteiger partial charge in [-0.1, -0.05) is 12.1 Å². The Labute approximate surface area is 120 Å². The molecule has 0 bridgehead atoms. The van der Waals surface area contributed by atoms with Crippen LogP contribution in [0.3, 0.4) is 0 Å². The minimum Gasteiger partial charge on any atom is -0.464 e. The zero-order valence-corrected chi connectivity index (χ0v) is 12.1. The first-order valence-electron chi connectivity index (χ1n) is 7.39. The molecular weight excluding hydrogens is 254 g/mol. The maximum absolute atomic E-state index is 11.1. The van der Waals surface area contributed by atoms with Gasteiger partial charge in [-0.3, -0.25) is 0 Å². The summed E-state index contributed by atoms with van der Waals surface area (Å²) in [6.45, 7) is 3.43. The zero-order valence-electron chi connectivity index (χ0n) is 12.1. The van der Waals surface area contributed by atoms with Crippen LogP contribution in [0.5, 0.6) is 0 Å². The molecule has 20 heavy (non-hydrogen) atoms. The lowest BCUT2D eigenvalue weighted by Gasteiger charge is -2.20. The zero-order chi connectivity index (χ0) is 14.2. The Kier molecular flexibility index (Phi) is 5.87. The van der Waals surface area contributed by atoms with E-state index in [-0.39, 0.29) is 12.6 Å². The van der Waals surface area contributed by atoms with Gasteiger partial charge in [-0.2, -0.15) is 0 Å². The van der Waals surface area contributed by atoms with Gasteiger partial charge in [0.2, 0.25) is 0 Å². The molecule has 0 unspecified atom stereocenters. The molecule has 0 aromatic heterocycles. The Morgan fingerprint density at radius 2 is 2.15 bits per heavy atom. The van der Waals surface area contributed by atoms with E-state index < -0.39 is 0 Å². The van der Waals surface area contributed by atoms with Crippen LogP contribution in [0, 0.1) is 0 Å². The lowest BCUT2D eigenvalue weighted by Crippen LogP contribution is -2.17. The van der Waals surface area contributed by atoms with E-state index in [0.29, 0.717) is 19.8 Å². The molecule has 0 radical (unpaired) electrons. The van der Waals surface area contributed by atoms with Gasteiger partial charge in [-0.15, -0.1) is 0 Å². The predicted octanol–water partition coefficient (Wildman–Crippen LogP) is 2.56.